The molecule has 0 saturated carbocycles. The molecule has 3 aromatic rings. The fourth-order valence-corrected chi connectivity index (χ4v) is 3.96. The lowest BCUT2D eigenvalue weighted by Crippen LogP contribution is -2.23. The van der Waals surface area contributed by atoms with Crippen molar-refractivity contribution in [3.63, 3.8) is 0 Å². The summed E-state index contributed by atoms with van der Waals surface area (Å²) >= 11 is 7.35. The summed E-state index contributed by atoms with van der Waals surface area (Å²) in [6, 6.07) is 14.4. The zero-order valence-electron chi connectivity index (χ0n) is 16.7. The van der Waals surface area contributed by atoms with E-state index in [9.17, 15) is 4.79 Å². The number of nitriles is 1. The molecule has 1 atom stereocenters. The second-order valence-corrected chi connectivity index (χ2v) is 8.02. The molecule has 0 saturated heterocycles. The highest BCUT2D eigenvalue weighted by Gasteiger charge is 2.21. The second kappa shape index (κ2) is 9.65. The molecule has 9 heteroatoms. The van der Waals surface area contributed by atoms with Crippen LogP contribution in [0.2, 0.25) is 5.02 Å². The van der Waals surface area contributed by atoms with E-state index in [0.717, 1.165) is 5.56 Å². The highest BCUT2D eigenvalue weighted by Crippen LogP contribution is 2.32. The Morgan fingerprint density at radius 3 is 2.77 bits per heavy atom. The van der Waals surface area contributed by atoms with E-state index < -0.39 is 5.25 Å². The molecular weight excluding hydrogens is 422 g/mol. The molecule has 1 N–H and O–H groups in total. The minimum Gasteiger partial charge on any atom is -0.496 e. The van der Waals surface area contributed by atoms with Crippen molar-refractivity contribution >= 4 is 35.0 Å². The summed E-state index contributed by atoms with van der Waals surface area (Å²) in [5.74, 6) is 1.19. The van der Waals surface area contributed by atoms with Crippen molar-refractivity contribution in [2.24, 2.45) is 0 Å². The fraction of sp³-hybridized carbons (Fsp3) is 0.238. The molecule has 0 radical (unpaired) electrons. The maximum Gasteiger partial charge on any atom is 0.237 e. The summed E-state index contributed by atoms with van der Waals surface area (Å²) in [6.45, 7) is 4.43. The van der Waals surface area contributed by atoms with E-state index in [1.807, 2.05) is 41.8 Å². The first kappa shape index (κ1) is 21.7. The number of methoxy groups -OCH3 is 1. The molecule has 1 amide bonds. The first-order valence-corrected chi connectivity index (χ1v) is 10.5. The minimum absolute atomic E-state index is 0.203. The number of carbonyl (C=O) groups excluding carboxylic acids is 1. The second-order valence-electron chi connectivity index (χ2n) is 6.31. The number of carbonyl (C=O) groups is 1. The Morgan fingerprint density at radius 1 is 1.33 bits per heavy atom. The van der Waals surface area contributed by atoms with Gasteiger partial charge in [0, 0.05) is 12.2 Å². The first-order valence-electron chi connectivity index (χ1n) is 9.22. The largest absolute Gasteiger partial charge is 0.496 e. The SMILES string of the molecule is CCn1c(SC(C)C(=O)Nc2ccc(C#N)c(Cl)c2)nnc1-c1ccccc1OC. The van der Waals surface area contributed by atoms with Crippen molar-refractivity contribution in [1.82, 2.24) is 14.8 Å². The number of aromatic nitrogens is 3. The molecule has 3 rings (SSSR count). The van der Waals surface area contributed by atoms with E-state index in [1.54, 1.807) is 32.2 Å². The number of nitrogens with one attached hydrogen (secondary N) is 1. The van der Waals surface area contributed by atoms with Crippen LogP contribution < -0.4 is 10.1 Å². The lowest BCUT2D eigenvalue weighted by atomic mass is 10.2. The van der Waals surface area contributed by atoms with E-state index in [-0.39, 0.29) is 5.91 Å². The molecule has 0 aliphatic rings. The van der Waals surface area contributed by atoms with Gasteiger partial charge < -0.3 is 14.6 Å². The van der Waals surface area contributed by atoms with Gasteiger partial charge in [0.15, 0.2) is 11.0 Å². The number of thioether (sulfide) groups is 1. The van der Waals surface area contributed by atoms with Crippen molar-refractivity contribution in [1.29, 1.82) is 5.26 Å². The van der Waals surface area contributed by atoms with Gasteiger partial charge in [0.1, 0.15) is 11.8 Å². The van der Waals surface area contributed by atoms with Gasteiger partial charge in [0.05, 0.1) is 28.5 Å². The average molecular weight is 442 g/mol. The molecule has 0 aliphatic heterocycles. The molecule has 0 spiro atoms. The highest BCUT2D eigenvalue weighted by atomic mass is 35.5. The molecule has 0 aliphatic carbocycles. The molecule has 7 nitrogen and oxygen atoms in total. The molecule has 1 unspecified atom stereocenters. The van der Waals surface area contributed by atoms with Gasteiger partial charge in [-0.1, -0.05) is 35.5 Å². The van der Waals surface area contributed by atoms with Crippen LogP contribution in [0.15, 0.2) is 47.6 Å². The number of amides is 1. The van der Waals surface area contributed by atoms with Crippen LogP contribution in [0.3, 0.4) is 0 Å². The summed E-state index contributed by atoms with van der Waals surface area (Å²) in [7, 11) is 1.61. The monoisotopic (exact) mass is 441 g/mol. The fourth-order valence-electron chi connectivity index (χ4n) is 2.83. The normalized spacial score (nSPS) is 11.6. The summed E-state index contributed by atoms with van der Waals surface area (Å²) in [6.07, 6.45) is 0. The number of rotatable bonds is 7. The zero-order chi connectivity index (χ0) is 21.7. The smallest absolute Gasteiger partial charge is 0.237 e. The topological polar surface area (TPSA) is 92.8 Å². The summed E-state index contributed by atoms with van der Waals surface area (Å²) in [5, 5.41) is 20.9. The number of hydrogen-bond acceptors (Lipinski definition) is 6. The third kappa shape index (κ3) is 4.58. The zero-order valence-corrected chi connectivity index (χ0v) is 18.3. The highest BCUT2D eigenvalue weighted by molar-refractivity contribution is 8.00. The maximum absolute atomic E-state index is 12.6. The van der Waals surface area contributed by atoms with Gasteiger partial charge in [-0.2, -0.15) is 5.26 Å². The van der Waals surface area contributed by atoms with Gasteiger partial charge in [0.25, 0.3) is 0 Å². The van der Waals surface area contributed by atoms with E-state index >= 15 is 0 Å². The van der Waals surface area contributed by atoms with Crippen LogP contribution in [0.1, 0.15) is 19.4 Å². The van der Waals surface area contributed by atoms with Gasteiger partial charge in [-0.3, -0.25) is 4.79 Å². The van der Waals surface area contributed by atoms with Crippen LogP contribution in [0.25, 0.3) is 11.4 Å². The number of nitrogens with zero attached hydrogens (tertiary/aromatic N) is 4. The minimum atomic E-state index is -0.431. The van der Waals surface area contributed by atoms with Crippen molar-refractivity contribution in [3.05, 3.63) is 53.1 Å². The third-order valence-electron chi connectivity index (χ3n) is 4.39. The first-order chi connectivity index (χ1) is 14.5. The van der Waals surface area contributed by atoms with Gasteiger partial charge in [0.2, 0.25) is 5.91 Å². The van der Waals surface area contributed by atoms with Crippen LogP contribution in [-0.2, 0) is 11.3 Å². The van der Waals surface area contributed by atoms with E-state index in [0.29, 0.717) is 39.5 Å². The van der Waals surface area contributed by atoms with Crippen LogP contribution >= 0.6 is 23.4 Å². The lowest BCUT2D eigenvalue weighted by molar-refractivity contribution is -0.115. The van der Waals surface area contributed by atoms with Gasteiger partial charge in [-0.25, -0.2) is 0 Å². The number of benzene rings is 2. The third-order valence-corrected chi connectivity index (χ3v) is 5.78. The molecular formula is C21H20ClN5O2S. The van der Waals surface area contributed by atoms with Crippen molar-refractivity contribution < 1.29 is 9.53 Å². The van der Waals surface area contributed by atoms with E-state index in [1.165, 1.54) is 11.8 Å². The molecule has 1 heterocycles. The molecule has 0 fully saturated rings. The Balaban J connectivity index is 1.77. The molecule has 1 aromatic heterocycles. The predicted octanol–water partition coefficient (Wildman–Crippen LogP) is 4.62. The quantitative estimate of drug-likeness (QED) is 0.538. The molecule has 2 aromatic carbocycles. The standard InChI is InChI=1S/C21H20ClN5O2S/c1-4-27-19(16-7-5-6-8-18(16)29-3)25-26-21(27)30-13(2)20(28)24-15-10-9-14(12-23)17(22)11-15/h5-11,13H,4H2,1-3H3,(H,24,28). The summed E-state index contributed by atoms with van der Waals surface area (Å²) in [4.78, 5) is 12.6. The Bertz CT molecular complexity index is 1110. The average Bonchev–Trinajstić information content (AvgIpc) is 3.15. The Hall–Kier alpha value is -3.02. The van der Waals surface area contributed by atoms with Gasteiger partial charge in [-0.15, -0.1) is 10.2 Å². The molecule has 0 bridgehead atoms. The van der Waals surface area contributed by atoms with Crippen molar-refractivity contribution in [2.45, 2.75) is 30.8 Å². The summed E-state index contributed by atoms with van der Waals surface area (Å²) < 4.78 is 7.39. The van der Waals surface area contributed by atoms with E-state index in [2.05, 4.69) is 15.5 Å². The Morgan fingerprint density at radius 2 is 2.10 bits per heavy atom. The van der Waals surface area contributed by atoms with E-state index in [4.69, 9.17) is 21.6 Å². The Labute approximate surface area is 184 Å². The van der Waals surface area contributed by atoms with Crippen LogP contribution in [0.5, 0.6) is 5.75 Å². The van der Waals surface area contributed by atoms with Crippen LogP contribution in [0, 0.1) is 11.3 Å². The molecule has 154 valence electrons. The van der Waals surface area contributed by atoms with Gasteiger partial charge >= 0.3 is 0 Å². The van der Waals surface area contributed by atoms with Crippen LogP contribution in [0.4, 0.5) is 5.69 Å². The Kier molecular flexibility index (Phi) is 6.98. The number of ether oxygens (including phenoxy) is 1. The lowest BCUT2D eigenvalue weighted by Gasteiger charge is -2.14. The molecule has 30 heavy (non-hydrogen) atoms. The van der Waals surface area contributed by atoms with Crippen molar-refractivity contribution in [3.8, 4) is 23.2 Å². The van der Waals surface area contributed by atoms with Crippen LogP contribution in [-0.4, -0.2) is 33.0 Å². The predicted molar refractivity (Wildman–Crippen MR) is 118 cm³/mol. The number of hydrogen-bond donors (Lipinski definition) is 1. The van der Waals surface area contributed by atoms with Gasteiger partial charge in [-0.05, 0) is 44.2 Å². The number of para-hydroxylation sites is 1. The van der Waals surface area contributed by atoms with Crippen molar-refractivity contribution in [2.75, 3.05) is 12.4 Å². The number of halogens is 1. The summed E-state index contributed by atoms with van der Waals surface area (Å²) in [5.41, 5.74) is 1.73. The number of anilines is 1. The maximum atomic E-state index is 12.6.